The molecule has 2 amide bonds. The SMILES string of the molecule is Cc1cc(C)c(NC(=O)c2ccc(-c3ccccc3C)cc2F)c(C(=O)Nc2ccc(Cl)cn2)c1. The van der Waals surface area contributed by atoms with Gasteiger partial charge in [-0.05, 0) is 78.9 Å². The molecule has 1 heterocycles. The summed E-state index contributed by atoms with van der Waals surface area (Å²) >= 11 is 5.86. The Bertz CT molecular complexity index is 1440. The van der Waals surface area contributed by atoms with Crippen molar-refractivity contribution in [1.82, 2.24) is 4.98 Å². The lowest BCUT2D eigenvalue weighted by Gasteiger charge is -2.16. The minimum absolute atomic E-state index is 0.118. The molecule has 4 rings (SSSR count). The highest BCUT2D eigenvalue weighted by molar-refractivity contribution is 6.30. The van der Waals surface area contributed by atoms with Crippen LogP contribution >= 0.6 is 11.6 Å². The summed E-state index contributed by atoms with van der Waals surface area (Å²) in [7, 11) is 0. The first-order valence-corrected chi connectivity index (χ1v) is 11.3. The van der Waals surface area contributed by atoms with Gasteiger partial charge in [0.15, 0.2) is 0 Å². The van der Waals surface area contributed by atoms with Crippen molar-refractivity contribution < 1.29 is 14.0 Å². The number of hydrogen-bond acceptors (Lipinski definition) is 3. The van der Waals surface area contributed by atoms with Crippen molar-refractivity contribution in [2.45, 2.75) is 20.8 Å². The predicted molar refractivity (Wildman–Crippen MR) is 138 cm³/mol. The van der Waals surface area contributed by atoms with E-state index < -0.39 is 17.6 Å². The maximum absolute atomic E-state index is 15.0. The highest BCUT2D eigenvalue weighted by Gasteiger charge is 2.20. The molecule has 0 unspecified atom stereocenters. The molecule has 2 N–H and O–H groups in total. The predicted octanol–water partition coefficient (Wildman–Crippen LogP) is 6.97. The Morgan fingerprint density at radius 2 is 1.57 bits per heavy atom. The number of halogens is 2. The van der Waals surface area contributed by atoms with Crippen LogP contribution < -0.4 is 10.6 Å². The van der Waals surface area contributed by atoms with Crippen LogP contribution in [0.25, 0.3) is 11.1 Å². The molecular formula is C28H23ClFN3O2. The van der Waals surface area contributed by atoms with Crippen LogP contribution in [0.2, 0.25) is 5.02 Å². The molecule has 7 heteroatoms. The third-order valence-corrected chi connectivity index (χ3v) is 5.83. The van der Waals surface area contributed by atoms with Gasteiger partial charge in [0.05, 0.1) is 21.8 Å². The van der Waals surface area contributed by atoms with Crippen LogP contribution in [0.3, 0.4) is 0 Å². The number of benzene rings is 3. The van der Waals surface area contributed by atoms with Crippen molar-refractivity contribution in [3.8, 4) is 11.1 Å². The average Bonchev–Trinajstić information content (AvgIpc) is 2.82. The van der Waals surface area contributed by atoms with E-state index >= 15 is 4.39 Å². The molecule has 4 aromatic rings. The van der Waals surface area contributed by atoms with Gasteiger partial charge < -0.3 is 10.6 Å². The molecule has 0 aliphatic heterocycles. The molecule has 0 radical (unpaired) electrons. The first-order valence-electron chi connectivity index (χ1n) is 10.9. The highest BCUT2D eigenvalue weighted by atomic mass is 35.5. The average molecular weight is 488 g/mol. The van der Waals surface area contributed by atoms with Gasteiger partial charge in [0.25, 0.3) is 11.8 Å². The number of carbonyl (C=O) groups is 2. The van der Waals surface area contributed by atoms with Crippen molar-refractivity contribution >= 4 is 34.9 Å². The summed E-state index contributed by atoms with van der Waals surface area (Å²) in [5, 5.41) is 5.87. The molecule has 0 saturated carbocycles. The lowest BCUT2D eigenvalue weighted by Crippen LogP contribution is -2.20. The van der Waals surface area contributed by atoms with Gasteiger partial charge in [0, 0.05) is 6.20 Å². The smallest absolute Gasteiger partial charge is 0.258 e. The molecular weight excluding hydrogens is 465 g/mol. The van der Waals surface area contributed by atoms with Gasteiger partial charge in [-0.3, -0.25) is 9.59 Å². The fraction of sp³-hybridized carbons (Fsp3) is 0.107. The number of nitrogens with zero attached hydrogens (tertiary/aromatic N) is 1. The number of carbonyl (C=O) groups excluding carboxylic acids is 2. The van der Waals surface area contributed by atoms with E-state index in [2.05, 4.69) is 15.6 Å². The molecule has 0 atom stereocenters. The number of anilines is 2. The second-order valence-electron chi connectivity index (χ2n) is 8.28. The molecule has 1 aromatic heterocycles. The number of rotatable bonds is 5. The normalized spacial score (nSPS) is 10.7. The molecule has 176 valence electrons. The van der Waals surface area contributed by atoms with E-state index in [1.807, 2.05) is 44.2 Å². The molecule has 3 aromatic carbocycles. The standard InChI is InChI=1S/C28H23ClFN3O2/c1-16-12-18(3)26(23(13-16)28(35)32-25-11-9-20(29)15-31-25)33-27(34)22-10-8-19(14-24(22)30)21-7-5-4-6-17(21)2/h4-15H,1-3H3,(H,33,34)(H,31,32,35). The summed E-state index contributed by atoms with van der Waals surface area (Å²) in [5.74, 6) is -1.44. The fourth-order valence-electron chi connectivity index (χ4n) is 3.89. The minimum atomic E-state index is -0.649. The molecule has 0 bridgehead atoms. The van der Waals surface area contributed by atoms with Gasteiger partial charge in [-0.15, -0.1) is 0 Å². The lowest BCUT2D eigenvalue weighted by atomic mass is 9.99. The summed E-state index contributed by atoms with van der Waals surface area (Å²) in [6.45, 7) is 5.57. The molecule has 0 aliphatic carbocycles. The Morgan fingerprint density at radius 1 is 0.829 bits per heavy atom. The Kier molecular flexibility index (Phi) is 6.94. The molecule has 5 nitrogen and oxygen atoms in total. The first kappa shape index (κ1) is 24.1. The molecule has 0 fully saturated rings. The number of amides is 2. The van der Waals surface area contributed by atoms with E-state index in [-0.39, 0.29) is 11.1 Å². The third kappa shape index (κ3) is 5.39. The number of aromatic nitrogens is 1. The minimum Gasteiger partial charge on any atom is -0.321 e. The van der Waals surface area contributed by atoms with E-state index in [0.29, 0.717) is 27.7 Å². The van der Waals surface area contributed by atoms with Crippen molar-refractivity contribution in [2.75, 3.05) is 10.6 Å². The maximum atomic E-state index is 15.0. The summed E-state index contributed by atoms with van der Waals surface area (Å²) in [5.41, 5.74) is 4.51. The van der Waals surface area contributed by atoms with E-state index in [1.165, 1.54) is 18.3 Å². The quantitative estimate of drug-likeness (QED) is 0.319. The zero-order valence-corrected chi connectivity index (χ0v) is 20.2. The summed E-state index contributed by atoms with van der Waals surface area (Å²) < 4.78 is 15.0. The van der Waals surface area contributed by atoms with Gasteiger partial charge in [-0.25, -0.2) is 9.37 Å². The van der Waals surface area contributed by atoms with Gasteiger partial charge in [-0.1, -0.05) is 48.0 Å². The van der Waals surface area contributed by atoms with E-state index in [1.54, 1.807) is 31.2 Å². The number of hydrogen-bond donors (Lipinski definition) is 2. The summed E-state index contributed by atoms with van der Waals surface area (Å²) in [4.78, 5) is 30.2. The fourth-order valence-corrected chi connectivity index (χ4v) is 4.00. The summed E-state index contributed by atoms with van der Waals surface area (Å²) in [6, 6.07) is 18.8. The highest BCUT2D eigenvalue weighted by Crippen LogP contribution is 2.28. The third-order valence-electron chi connectivity index (χ3n) is 5.60. The molecule has 0 saturated heterocycles. The van der Waals surface area contributed by atoms with Crippen LogP contribution in [-0.2, 0) is 0 Å². The van der Waals surface area contributed by atoms with Crippen LogP contribution in [-0.4, -0.2) is 16.8 Å². The zero-order chi connectivity index (χ0) is 25.1. The van der Waals surface area contributed by atoms with Crippen LogP contribution in [0.15, 0.2) is 72.9 Å². The van der Waals surface area contributed by atoms with Gasteiger partial charge >= 0.3 is 0 Å². The Morgan fingerprint density at radius 3 is 2.26 bits per heavy atom. The second-order valence-corrected chi connectivity index (χ2v) is 8.72. The topological polar surface area (TPSA) is 71.1 Å². The van der Waals surface area contributed by atoms with Crippen LogP contribution in [0, 0.1) is 26.6 Å². The maximum Gasteiger partial charge on any atom is 0.258 e. The van der Waals surface area contributed by atoms with E-state index in [0.717, 1.165) is 16.7 Å². The van der Waals surface area contributed by atoms with Gasteiger partial charge in [0.2, 0.25) is 0 Å². The van der Waals surface area contributed by atoms with Crippen molar-refractivity contribution in [1.29, 1.82) is 0 Å². The Balaban J connectivity index is 1.62. The first-order chi connectivity index (χ1) is 16.7. The van der Waals surface area contributed by atoms with Crippen molar-refractivity contribution in [2.24, 2.45) is 0 Å². The molecule has 35 heavy (non-hydrogen) atoms. The number of aryl methyl sites for hydroxylation is 3. The van der Waals surface area contributed by atoms with Gasteiger partial charge in [0.1, 0.15) is 11.6 Å². The largest absolute Gasteiger partial charge is 0.321 e. The summed E-state index contributed by atoms with van der Waals surface area (Å²) in [6.07, 6.45) is 1.42. The second kappa shape index (κ2) is 10.1. The number of pyridine rings is 1. The monoisotopic (exact) mass is 487 g/mol. The lowest BCUT2D eigenvalue weighted by molar-refractivity contribution is 0.102. The Hall–Kier alpha value is -4.03. The zero-order valence-electron chi connectivity index (χ0n) is 19.4. The van der Waals surface area contributed by atoms with Crippen LogP contribution in [0.4, 0.5) is 15.9 Å². The molecule has 0 aliphatic rings. The van der Waals surface area contributed by atoms with Crippen LogP contribution in [0.5, 0.6) is 0 Å². The van der Waals surface area contributed by atoms with Crippen molar-refractivity contribution in [3.63, 3.8) is 0 Å². The van der Waals surface area contributed by atoms with Gasteiger partial charge in [-0.2, -0.15) is 0 Å². The van der Waals surface area contributed by atoms with E-state index in [9.17, 15) is 9.59 Å². The van der Waals surface area contributed by atoms with Crippen LogP contribution in [0.1, 0.15) is 37.4 Å². The Labute approximate surface area is 208 Å². The van der Waals surface area contributed by atoms with E-state index in [4.69, 9.17) is 11.6 Å². The number of nitrogens with one attached hydrogen (secondary N) is 2. The molecule has 0 spiro atoms. The van der Waals surface area contributed by atoms with Crippen molar-refractivity contribution in [3.05, 3.63) is 112 Å².